The molecule has 2 heterocycles. The molecule has 2 atom stereocenters. The summed E-state index contributed by atoms with van der Waals surface area (Å²) in [5.74, 6) is 3.06. The van der Waals surface area contributed by atoms with E-state index in [0.717, 1.165) is 26.1 Å². The normalized spacial score (nSPS) is 31.8. The van der Waals surface area contributed by atoms with Gasteiger partial charge in [0.1, 0.15) is 0 Å². The molecule has 0 aliphatic carbocycles. The van der Waals surface area contributed by atoms with Gasteiger partial charge in [-0.3, -0.25) is 4.79 Å². The van der Waals surface area contributed by atoms with Gasteiger partial charge in [-0.25, -0.2) is 0 Å². The summed E-state index contributed by atoms with van der Waals surface area (Å²) in [5, 5.41) is 0. The SMILES string of the molecule is C#CC1CC(CN2CCCCC2)C(=O)N1C. The molecule has 0 radical (unpaired) electrons. The summed E-state index contributed by atoms with van der Waals surface area (Å²) < 4.78 is 0. The maximum absolute atomic E-state index is 12.0. The third-order valence-electron chi connectivity index (χ3n) is 3.79. The molecule has 2 aliphatic heterocycles. The zero-order valence-electron chi connectivity index (χ0n) is 9.98. The van der Waals surface area contributed by atoms with E-state index in [4.69, 9.17) is 6.42 Å². The number of likely N-dealkylation sites (tertiary alicyclic amines) is 2. The van der Waals surface area contributed by atoms with Gasteiger partial charge < -0.3 is 9.80 Å². The minimum absolute atomic E-state index is 0.0160. The van der Waals surface area contributed by atoms with E-state index in [1.165, 1.54) is 19.3 Å². The lowest BCUT2D eigenvalue weighted by molar-refractivity contribution is -0.130. The van der Waals surface area contributed by atoms with Gasteiger partial charge in [-0.05, 0) is 32.4 Å². The molecule has 0 aromatic carbocycles. The second-order valence-corrected chi connectivity index (χ2v) is 4.93. The molecule has 2 fully saturated rings. The Bertz CT molecular complexity index is 302. The van der Waals surface area contributed by atoms with Gasteiger partial charge in [0.05, 0.1) is 12.0 Å². The van der Waals surface area contributed by atoms with Crippen LogP contribution in [0.4, 0.5) is 0 Å². The summed E-state index contributed by atoms with van der Waals surface area (Å²) in [4.78, 5) is 16.1. The average molecular weight is 220 g/mol. The minimum Gasteiger partial charge on any atom is -0.332 e. The first-order valence-electron chi connectivity index (χ1n) is 6.17. The van der Waals surface area contributed by atoms with Crippen LogP contribution in [-0.4, -0.2) is 48.4 Å². The summed E-state index contributed by atoms with van der Waals surface area (Å²) in [6.45, 7) is 3.20. The smallest absolute Gasteiger partial charge is 0.227 e. The Kier molecular flexibility index (Phi) is 3.50. The van der Waals surface area contributed by atoms with Crippen LogP contribution < -0.4 is 0 Å². The highest BCUT2D eigenvalue weighted by Gasteiger charge is 2.36. The Hall–Kier alpha value is -1.01. The number of hydrogen-bond acceptors (Lipinski definition) is 2. The number of carbonyl (C=O) groups is 1. The van der Waals surface area contributed by atoms with Crippen LogP contribution in [0.25, 0.3) is 0 Å². The van der Waals surface area contributed by atoms with Gasteiger partial charge in [0.2, 0.25) is 5.91 Å². The van der Waals surface area contributed by atoms with Crippen LogP contribution in [0.2, 0.25) is 0 Å². The summed E-state index contributed by atoms with van der Waals surface area (Å²) in [6.07, 6.45) is 10.1. The molecule has 0 spiro atoms. The minimum atomic E-state index is 0.0160. The van der Waals surface area contributed by atoms with E-state index < -0.39 is 0 Å². The zero-order chi connectivity index (χ0) is 11.5. The van der Waals surface area contributed by atoms with Crippen molar-refractivity contribution in [2.24, 2.45) is 5.92 Å². The number of carbonyl (C=O) groups excluding carboxylic acids is 1. The van der Waals surface area contributed by atoms with Crippen LogP contribution in [0.15, 0.2) is 0 Å². The van der Waals surface area contributed by atoms with Crippen LogP contribution in [0.1, 0.15) is 25.7 Å². The van der Waals surface area contributed by atoms with E-state index in [-0.39, 0.29) is 17.9 Å². The third kappa shape index (κ3) is 2.22. The Morgan fingerprint density at radius 1 is 1.38 bits per heavy atom. The first-order chi connectivity index (χ1) is 7.72. The molecule has 0 saturated carbocycles. The molecule has 0 aromatic rings. The number of hydrogen-bond donors (Lipinski definition) is 0. The molecular formula is C13H20N2O. The van der Waals surface area contributed by atoms with Crippen molar-refractivity contribution in [2.45, 2.75) is 31.7 Å². The van der Waals surface area contributed by atoms with Crippen LogP contribution in [0, 0.1) is 18.3 Å². The topological polar surface area (TPSA) is 23.6 Å². The first-order valence-corrected chi connectivity index (χ1v) is 6.17. The van der Waals surface area contributed by atoms with Gasteiger partial charge in [-0.1, -0.05) is 12.3 Å². The van der Waals surface area contributed by atoms with Crippen LogP contribution in [-0.2, 0) is 4.79 Å². The van der Waals surface area contributed by atoms with E-state index in [1.807, 2.05) is 7.05 Å². The van der Waals surface area contributed by atoms with Gasteiger partial charge >= 0.3 is 0 Å². The molecule has 0 N–H and O–H groups in total. The molecule has 2 aliphatic rings. The molecule has 1 amide bonds. The van der Waals surface area contributed by atoms with Crippen molar-refractivity contribution < 1.29 is 4.79 Å². The second-order valence-electron chi connectivity index (χ2n) is 4.93. The van der Waals surface area contributed by atoms with Crippen molar-refractivity contribution in [2.75, 3.05) is 26.7 Å². The molecule has 88 valence electrons. The van der Waals surface area contributed by atoms with Crippen molar-refractivity contribution in [3.63, 3.8) is 0 Å². The van der Waals surface area contributed by atoms with Gasteiger partial charge in [0.25, 0.3) is 0 Å². The molecule has 3 nitrogen and oxygen atoms in total. The van der Waals surface area contributed by atoms with E-state index in [1.54, 1.807) is 4.90 Å². The van der Waals surface area contributed by atoms with Crippen LogP contribution >= 0.6 is 0 Å². The lowest BCUT2D eigenvalue weighted by atomic mass is 10.0. The molecule has 0 bridgehead atoms. The van der Waals surface area contributed by atoms with Gasteiger partial charge in [-0.15, -0.1) is 6.42 Å². The van der Waals surface area contributed by atoms with E-state index in [0.29, 0.717) is 0 Å². The Morgan fingerprint density at radius 2 is 2.06 bits per heavy atom. The van der Waals surface area contributed by atoms with E-state index >= 15 is 0 Å². The lowest BCUT2D eigenvalue weighted by Gasteiger charge is -2.28. The Balaban J connectivity index is 1.90. The number of amides is 1. The number of rotatable bonds is 2. The van der Waals surface area contributed by atoms with Crippen molar-refractivity contribution in [1.29, 1.82) is 0 Å². The fraction of sp³-hybridized carbons (Fsp3) is 0.769. The monoisotopic (exact) mass is 220 g/mol. The Morgan fingerprint density at radius 3 is 2.62 bits per heavy atom. The average Bonchev–Trinajstić information content (AvgIpc) is 2.58. The van der Waals surface area contributed by atoms with Crippen molar-refractivity contribution >= 4 is 5.91 Å². The largest absolute Gasteiger partial charge is 0.332 e. The molecule has 16 heavy (non-hydrogen) atoms. The molecule has 0 aromatic heterocycles. The highest BCUT2D eigenvalue weighted by molar-refractivity contribution is 5.82. The highest BCUT2D eigenvalue weighted by Crippen LogP contribution is 2.24. The fourth-order valence-electron chi connectivity index (χ4n) is 2.76. The van der Waals surface area contributed by atoms with E-state index in [9.17, 15) is 4.79 Å². The van der Waals surface area contributed by atoms with Crippen molar-refractivity contribution in [3.05, 3.63) is 0 Å². The fourth-order valence-corrected chi connectivity index (χ4v) is 2.76. The van der Waals surface area contributed by atoms with Crippen LogP contribution in [0.5, 0.6) is 0 Å². The summed E-state index contributed by atoms with van der Waals surface area (Å²) in [7, 11) is 1.82. The highest BCUT2D eigenvalue weighted by atomic mass is 16.2. The Labute approximate surface area is 97.8 Å². The lowest BCUT2D eigenvalue weighted by Crippen LogP contribution is -2.37. The summed E-state index contributed by atoms with van der Waals surface area (Å²) in [5.41, 5.74) is 0. The molecule has 2 unspecified atom stereocenters. The number of nitrogens with zero attached hydrogens (tertiary/aromatic N) is 2. The maximum Gasteiger partial charge on any atom is 0.227 e. The molecule has 2 rings (SSSR count). The zero-order valence-corrected chi connectivity index (χ0v) is 9.98. The third-order valence-corrected chi connectivity index (χ3v) is 3.79. The van der Waals surface area contributed by atoms with Crippen LogP contribution in [0.3, 0.4) is 0 Å². The predicted octanol–water partition coefficient (Wildman–Crippen LogP) is 0.952. The van der Waals surface area contributed by atoms with Gasteiger partial charge in [-0.2, -0.15) is 0 Å². The van der Waals surface area contributed by atoms with Gasteiger partial charge in [0, 0.05) is 13.6 Å². The molecule has 3 heteroatoms. The number of terminal acetylenes is 1. The molecule has 2 saturated heterocycles. The van der Waals surface area contributed by atoms with E-state index in [2.05, 4.69) is 10.8 Å². The molecular weight excluding hydrogens is 200 g/mol. The van der Waals surface area contributed by atoms with Crippen molar-refractivity contribution in [1.82, 2.24) is 9.80 Å². The quantitative estimate of drug-likeness (QED) is 0.647. The first kappa shape index (κ1) is 11.5. The summed E-state index contributed by atoms with van der Waals surface area (Å²) in [6, 6.07) is 0.0160. The summed E-state index contributed by atoms with van der Waals surface area (Å²) >= 11 is 0. The predicted molar refractivity (Wildman–Crippen MR) is 63.8 cm³/mol. The number of piperidine rings is 1. The van der Waals surface area contributed by atoms with Gasteiger partial charge in [0.15, 0.2) is 0 Å². The maximum atomic E-state index is 12.0. The van der Waals surface area contributed by atoms with Crippen molar-refractivity contribution in [3.8, 4) is 12.3 Å². The second kappa shape index (κ2) is 4.88. The standard InChI is InChI=1S/C13H20N2O/c1-3-12-9-11(13(16)14(12)2)10-15-7-5-4-6-8-15/h1,11-12H,4-10H2,2H3.